The van der Waals surface area contributed by atoms with E-state index in [9.17, 15) is 14.4 Å². The molecule has 0 saturated carbocycles. The predicted octanol–water partition coefficient (Wildman–Crippen LogP) is 3.35. The monoisotopic (exact) mass is 463 g/mol. The average Bonchev–Trinajstić information content (AvgIpc) is 2.86. The zero-order chi connectivity index (χ0) is 24.7. The summed E-state index contributed by atoms with van der Waals surface area (Å²) in [6, 6.07) is 16.4. The van der Waals surface area contributed by atoms with Crippen molar-refractivity contribution in [2.24, 2.45) is 0 Å². The van der Waals surface area contributed by atoms with E-state index < -0.39 is 17.7 Å². The fourth-order valence-corrected chi connectivity index (χ4v) is 3.24. The fraction of sp³-hybridized carbons (Fsp3) is 0.160. The van der Waals surface area contributed by atoms with Crippen LogP contribution in [0, 0.1) is 6.92 Å². The maximum atomic E-state index is 12.9. The number of hydrazine groups is 1. The highest BCUT2D eigenvalue weighted by atomic mass is 16.5. The summed E-state index contributed by atoms with van der Waals surface area (Å²) in [5, 5.41) is 2.71. The summed E-state index contributed by atoms with van der Waals surface area (Å²) in [5.41, 5.74) is 6.73. The Morgan fingerprint density at radius 1 is 0.676 bits per heavy atom. The van der Waals surface area contributed by atoms with Crippen molar-refractivity contribution in [2.45, 2.75) is 6.92 Å². The zero-order valence-electron chi connectivity index (χ0n) is 19.2. The highest BCUT2D eigenvalue weighted by Gasteiger charge is 2.19. The van der Waals surface area contributed by atoms with Crippen LogP contribution in [0.25, 0.3) is 0 Å². The number of methoxy groups -OCH3 is 3. The molecule has 9 nitrogen and oxygen atoms in total. The molecule has 0 aliphatic rings. The van der Waals surface area contributed by atoms with Crippen molar-refractivity contribution in [1.82, 2.24) is 10.9 Å². The summed E-state index contributed by atoms with van der Waals surface area (Å²) in [6.07, 6.45) is 0. The van der Waals surface area contributed by atoms with Gasteiger partial charge >= 0.3 is 0 Å². The standard InChI is InChI=1S/C25H25N3O6/c1-15-8-7-9-16(12-15)24(30)27-28-25(31)18-10-5-6-11-19(18)26-23(29)17-13-20(32-2)22(34-4)21(14-17)33-3/h5-14H,1-4H3,(H,26,29)(H,27,30)(H,28,31). The topological polar surface area (TPSA) is 115 Å². The first-order chi connectivity index (χ1) is 16.4. The van der Waals surface area contributed by atoms with Crippen LogP contribution in [-0.4, -0.2) is 39.1 Å². The first kappa shape index (κ1) is 24.1. The van der Waals surface area contributed by atoms with Crippen LogP contribution in [-0.2, 0) is 0 Å². The van der Waals surface area contributed by atoms with E-state index in [0.717, 1.165) is 5.56 Å². The van der Waals surface area contributed by atoms with E-state index in [1.807, 2.05) is 13.0 Å². The molecule has 0 fully saturated rings. The molecule has 0 spiro atoms. The number of para-hydroxylation sites is 1. The van der Waals surface area contributed by atoms with Crippen LogP contribution in [0.15, 0.2) is 60.7 Å². The van der Waals surface area contributed by atoms with Gasteiger partial charge in [-0.05, 0) is 43.3 Å². The van der Waals surface area contributed by atoms with E-state index in [0.29, 0.717) is 22.8 Å². The number of ether oxygens (including phenoxy) is 3. The van der Waals surface area contributed by atoms with Gasteiger partial charge < -0.3 is 19.5 Å². The van der Waals surface area contributed by atoms with Crippen LogP contribution in [0.1, 0.15) is 36.6 Å². The second-order valence-electron chi connectivity index (χ2n) is 7.19. The highest BCUT2D eigenvalue weighted by Crippen LogP contribution is 2.38. The molecule has 3 rings (SSSR count). The first-order valence-electron chi connectivity index (χ1n) is 10.3. The molecule has 9 heteroatoms. The van der Waals surface area contributed by atoms with Gasteiger partial charge in [-0.15, -0.1) is 0 Å². The third kappa shape index (κ3) is 5.44. The number of carbonyl (C=O) groups is 3. The number of amides is 3. The molecule has 0 saturated heterocycles. The minimum absolute atomic E-state index is 0.160. The van der Waals surface area contributed by atoms with Gasteiger partial charge in [0.05, 0.1) is 32.6 Å². The molecular weight excluding hydrogens is 438 g/mol. The maximum Gasteiger partial charge on any atom is 0.271 e. The van der Waals surface area contributed by atoms with Crippen molar-refractivity contribution in [3.8, 4) is 17.2 Å². The summed E-state index contributed by atoms with van der Waals surface area (Å²) in [7, 11) is 4.36. The van der Waals surface area contributed by atoms with E-state index >= 15 is 0 Å². The van der Waals surface area contributed by atoms with Gasteiger partial charge in [-0.25, -0.2) is 0 Å². The third-order valence-electron chi connectivity index (χ3n) is 4.92. The summed E-state index contributed by atoms with van der Waals surface area (Å²) in [4.78, 5) is 38.0. The Morgan fingerprint density at radius 2 is 1.32 bits per heavy atom. The number of anilines is 1. The van der Waals surface area contributed by atoms with E-state index in [4.69, 9.17) is 14.2 Å². The largest absolute Gasteiger partial charge is 0.493 e. The molecular formula is C25H25N3O6. The van der Waals surface area contributed by atoms with E-state index in [1.165, 1.54) is 39.5 Å². The molecule has 0 heterocycles. The lowest BCUT2D eigenvalue weighted by Gasteiger charge is -2.15. The Bertz CT molecular complexity index is 1200. The Hall–Kier alpha value is -4.53. The number of hydrogen-bond donors (Lipinski definition) is 3. The quantitative estimate of drug-likeness (QED) is 0.463. The van der Waals surface area contributed by atoms with Gasteiger partial charge in [-0.1, -0.05) is 29.8 Å². The number of carbonyl (C=O) groups excluding carboxylic acids is 3. The lowest BCUT2D eigenvalue weighted by Crippen LogP contribution is -2.41. The van der Waals surface area contributed by atoms with Gasteiger partial charge in [0.25, 0.3) is 17.7 Å². The van der Waals surface area contributed by atoms with Crippen molar-refractivity contribution < 1.29 is 28.6 Å². The molecule has 34 heavy (non-hydrogen) atoms. The van der Waals surface area contributed by atoms with Crippen LogP contribution in [0.2, 0.25) is 0 Å². The molecule has 0 unspecified atom stereocenters. The molecule has 3 aromatic rings. The first-order valence-corrected chi connectivity index (χ1v) is 10.3. The van der Waals surface area contributed by atoms with E-state index in [-0.39, 0.29) is 16.8 Å². The van der Waals surface area contributed by atoms with Gasteiger partial charge in [-0.3, -0.25) is 25.2 Å². The fourth-order valence-electron chi connectivity index (χ4n) is 3.24. The van der Waals surface area contributed by atoms with Gasteiger partial charge in [0.2, 0.25) is 5.75 Å². The highest BCUT2D eigenvalue weighted by molar-refractivity contribution is 6.09. The minimum Gasteiger partial charge on any atom is -0.493 e. The second kappa shape index (κ2) is 10.9. The van der Waals surface area contributed by atoms with Crippen molar-refractivity contribution in [3.63, 3.8) is 0 Å². The molecule has 0 radical (unpaired) electrons. The van der Waals surface area contributed by atoms with Gasteiger partial charge in [0.15, 0.2) is 11.5 Å². The van der Waals surface area contributed by atoms with Crippen LogP contribution in [0.5, 0.6) is 17.2 Å². The number of benzene rings is 3. The lowest BCUT2D eigenvalue weighted by molar-refractivity contribution is 0.0847. The third-order valence-corrected chi connectivity index (χ3v) is 4.92. The Balaban J connectivity index is 1.77. The SMILES string of the molecule is COc1cc(C(=O)Nc2ccccc2C(=O)NNC(=O)c2cccc(C)c2)cc(OC)c1OC. The summed E-state index contributed by atoms with van der Waals surface area (Å²) in [6.45, 7) is 1.86. The number of rotatable bonds is 7. The molecule has 176 valence electrons. The average molecular weight is 463 g/mol. The van der Waals surface area contributed by atoms with Crippen molar-refractivity contribution in [2.75, 3.05) is 26.6 Å². The van der Waals surface area contributed by atoms with Crippen LogP contribution >= 0.6 is 0 Å². The molecule has 3 amide bonds. The number of nitrogens with one attached hydrogen (secondary N) is 3. The predicted molar refractivity (Wildman–Crippen MR) is 127 cm³/mol. The van der Waals surface area contributed by atoms with Gasteiger partial charge in [0.1, 0.15) is 0 Å². The Kier molecular flexibility index (Phi) is 7.71. The zero-order valence-corrected chi connectivity index (χ0v) is 19.2. The Labute approximate surface area is 197 Å². The van der Waals surface area contributed by atoms with Crippen molar-refractivity contribution >= 4 is 23.4 Å². The van der Waals surface area contributed by atoms with Crippen LogP contribution in [0.4, 0.5) is 5.69 Å². The van der Waals surface area contributed by atoms with E-state index in [2.05, 4.69) is 16.2 Å². The second-order valence-corrected chi connectivity index (χ2v) is 7.19. The van der Waals surface area contributed by atoms with Gasteiger partial charge in [-0.2, -0.15) is 0 Å². The summed E-state index contributed by atoms with van der Waals surface area (Å²) in [5.74, 6) is -0.569. The van der Waals surface area contributed by atoms with Crippen LogP contribution in [0.3, 0.4) is 0 Å². The van der Waals surface area contributed by atoms with E-state index in [1.54, 1.807) is 36.4 Å². The molecule has 0 atom stereocenters. The smallest absolute Gasteiger partial charge is 0.271 e. The number of hydrogen-bond acceptors (Lipinski definition) is 6. The maximum absolute atomic E-state index is 12.9. The molecule has 0 aliphatic carbocycles. The molecule has 3 N–H and O–H groups in total. The van der Waals surface area contributed by atoms with Crippen molar-refractivity contribution in [3.05, 3.63) is 82.9 Å². The molecule has 3 aromatic carbocycles. The van der Waals surface area contributed by atoms with Crippen LogP contribution < -0.4 is 30.4 Å². The Morgan fingerprint density at radius 3 is 1.94 bits per heavy atom. The molecule has 0 bridgehead atoms. The van der Waals surface area contributed by atoms with Gasteiger partial charge in [0, 0.05) is 11.1 Å². The lowest BCUT2D eigenvalue weighted by atomic mass is 10.1. The molecule has 0 aromatic heterocycles. The summed E-state index contributed by atoms with van der Waals surface area (Å²) >= 11 is 0. The number of aryl methyl sites for hydroxylation is 1. The summed E-state index contributed by atoms with van der Waals surface area (Å²) < 4.78 is 15.9. The normalized spacial score (nSPS) is 10.1. The van der Waals surface area contributed by atoms with Crippen molar-refractivity contribution in [1.29, 1.82) is 0 Å². The minimum atomic E-state index is -0.596. The molecule has 0 aliphatic heterocycles.